The number of carboxylic acid groups (broad SMARTS) is 1. The van der Waals surface area contributed by atoms with Crippen molar-refractivity contribution in [3.05, 3.63) is 41.7 Å². The molecule has 0 aliphatic rings. The first-order chi connectivity index (χ1) is 11.0. The van der Waals surface area contributed by atoms with Gasteiger partial charge in [-0.3, -0.25) is 4.79 Å². The van der Waals surface area contributed by atoms with Crippen LogP contribution in [0.4, 0.5) is 5.82 Å². The molecule has 3 aromatic rings. The Labute approximate surface area is 133 Å². The third kappa shape index (κ3) is 2.65. The summed E-state index contributed by atoms with van der Waals surface area (Å²) >= 11 is 0. The Bertz CT molecular complexity index is 852. The van der Waals surface area contributed by atoms with E-state index in [9.17, 15) is 4.79 Å². The van der Waals surface area contributed by atoms with Crippen LogP contribution in [0.1, 0.15) is 23.9 Å². The average Bonchev–Trinajstić information content (AvgIpc) is 3.11. The Morgan fingerprint density at radius 3 is 2.87 bits per heavy atom. The van der Waals surface area contributed by atoms with Crippen LogP contribution in [-0.2, 0) is 11.3 Å². The van der Waals surface area contributed by atoms with Gasteiger partial charge in [0.15, 0.2) is 0 Å². The lowest BCUT2D eigenvalue weighted by Gasteiger charge is -2.11. The number of hydrogen-bond acceptors (Lipinski definition) is 5. The van der Waals surface area contributed by atoms with Crippen molar-refractivity contribution in [1.82, 2.24) is 14.5 Å². The van der Waals surface area contributed by atoms with Gasteiger partial charge in [0.05, 0.1) is 18.2 Å². The molecule has 0 radical (unpaired) electrons. The molecule has 0 aliphatic carbocycles. The number of furan rings is 1. The zero-order chi connectivity index (χ0) is 16.6. The van der Waals surface area contributed by atoms with E-state index < -0.39 is 12.0 Å². The van der Waals surface area contributed by atoms with E-state index in [4.69, 9.17) is 9.52 Å². The molecule has 23 heavy (non-hydrogen) atoms. The first-order valence-corrected chi connectivity index (χ1v) is 7.31. The molecule has 7 heteroatoms. The number of hydrogen-bond donors (Lipinski definition) is 2. The molecule has 7 nitrogen and oxygen atoms in total. The third-order valence-corrected chi connectivity index (χ3v) is 4.02. The van der Waals surface area contributed by atoms with Crippen molar-refractivity contribution >= 4 is 22.8 Å². The van der Waals surface area contributed by atoms with E-state index in [1.807, 2.05) is 30.5 Å². The first kappa shape index (κ1) is 15.1. The lowest BCUT2D eigenvalue weighted by molar-refractivity contribution is -0.137. The van der Waals surface area contributed by atoms with Crippen molar-refractivity contribution in [2.24, 2.45) is 0 Å². The summed E-state index contributed by atoms with van der Waals surface area (Å²) in [6, 6.07) is 3.02. The molecule has 0 unspecified atom stereocenters. The molecule has 0 amide bonds. The number of carboxylic acids is 1. The van der Waals surface area contributed by atoms with Crippen LogP contribution in [0, 0.1) is 13.8 Å². The summed E-state index contributed by atoms with van der Waals surface area (Å²) in [5.74, 6) is 0.432. The monoisotopic (exact) mass is 314 g/mol. The van der Waals surface area contributed by atoms with Crippen LogP contribution in [0.25, 0.3) is 11.0 Å². The van der Waals surface area contributed by atoms with Crippen molar-refractivity contribution < 1.29 is 14.3 Å². The van der Waals surface area contributed by atoms with Crippen molar-refractivity contribution in [2.75, 3.05) is 5.32 Å². The van der Waals surface area contributed by atoms with Gasteiger partial charge >= 0.3 is 5.97 Å². The van der Waals surface area contributed by atoms with E-state index in [1.165, 1.54) is 6.33 Å². The Morgan fingerprint density at radius 1 is 1.43 bits per heavy atom. The Kier molecular flexibility index (Phi) is 3.77. The number of aromatic nitrogens is 3. The average molecular weight is 314 g/mol. The maximum atomic E-state index is 11.1. The zero-order valence-electron chi connectivity index (χ0n) is 13.2. The Morgan fingerprint density at radius 2 is 2.22 bits per heavy atom. The molecule has 2 N–H and O–H groups in total. The van der Waals surface area contributed by atoms with Crippen LogP contribution < -0.4 is 5.32 Å². The van der Waals surface area contributed by atoms with Crippen LogP contribution in [0.5, 0.6) is 0 Å². The van der Waals surface area contributed by atoms with Gasteiger partial charge in [-0.05, 0) is 38.5 Å². The molecule has 3 aromatic heterocycles. The number of aryl methyl sites for hydroxylation is 1. The summed E-state index contributed by atoms with van der Waals surface area (Å²) in [5, 5.41) is 12.9. The molecule has 0 saturated carbocycles. The predicted octanol–water partition coefficient (Wildman–Crippen LogP) is 2.57. The Balaban J connectivity index is 2.10. The molecular weight excluding hydrogens is 296 g/mol. The SMILES string of the molecule is Cc1c(C)n(Cc2ccco2)c2ncnc(N[C@@H](C)C(=O)O)c12. The second-order valence-corrected chi connectivity index (χ2v) is 5.50. The highest BCUT2D eigenvalue weighted by molar-refractivity contribution is 5.93. The summed E-state index contributed by atoms with van der Waals surface area (Å²) < 4.78 is 7.46. The molecule has 0 saturated heterocycles. The molecule has 3 rings (SSSR count). The number of rotatable bonds is 5. The molecule has 0 aliphatic heterocycles. The van der Waals surface area contributed by atoms with Crippen molar-refractivity contribution in [3.63, 3.8) is 0 Å². The normalized spacial score (nSPS) is 12.5. The minimum Gasteiger partial charge on any atom is -0.480 e. The first-order valence-electron chi connectivity index (χ1n) is 7.31. The molecule has 1 atom stereocenters. The van der Waals surface area contributed by atoms with E-state index in [2.05, 4.69) is 15.3 Å². The number of nitrogens with zero attached hydrogens (tertiary/aromatic N) is 3. The van der Waals surface area contributed by atoms with Crippen molar-refractivity contribution in [3.8, 4) is 0 Å². The molecule has 0 spiro atoms. The van der Waals surface area contributed by atoms with Gasteiger partial charge in [-0.2, -0.15) is 0 Å². The molecular formula is C16H18N4O3. The minimum atomic E-state index is -0.929. The second kappa shape index (κ2) is 5.75. The van der Waals surface area contributed by atoms with E-state index in [-0.39, 0.29) is 0 Å². The lowest BCUT2D eigenvalue weighted by atomic mass is 10.2. The van der Waals surface area contributed by atoms with Gasteiger partial charge in [0.2, 0.25) is 0 Å². The minimum absolute atomic E-state index is 0.531. The highest BCUT2D eigenvalue weighted by Gasteiger charge is 2.19. The molecule has 0 fully saturated rings. The molecule has 3 heterocycles. The van der Waals surface area contributed by atoms with Gasteiger partial charge in [0.1, 0.15) is 29.6 Å². The van der Waals surface area contributed by atoms with Crippen molar-refractivity contribution in [1.29, 1.82) is 0 Å². The summed E-state index contributed by atoms with van der Waals surface area (Å²) in [6.45, 7) is 6.13. The fraction of sp³-hybridized carbons (Fsp3) is 0.312. The van der Waals surface area contributed by atoms with E-state index in [1.54, 1.807) is 13.2 Å². The lowest BCUT2D eigenvalue weighted by Crippen LogP contribution is -2.26. The number of aliphatic carboxylic acids is 1. The fourth-order valence-corrected chi connectivity index (χ4v) is 2.60. The smallest absolute Gasteiger partial charge is 0.325 e. The highest BCUT2D eigenvalue weighted by atomic mass is 16.4. The predicted molar refractivity (Wildman–Crippen MR) is 85.5 cm³/mol. The van der Waals surface area contributed by atoms with E-state index in [0.717, 1.165) is 28.1 Å². The second-order valence-electron chi connectivity index (χ2n) is 5.50. The van der Waals surface area contributed by atoms with E-state index in [0.29, 0.717) is 12.4 Å². The highest BCUT2D eigenvalue weighted by Crippen LogP contribution is 2.29. The zero-order valence-corrected chi connectivity index (χ0v) is 13.2. The maximum Gasteiger partial charge on any atom is 0.325 e. The van der Waals surface area contributed by atoms with E-state index >= 15 is 0 Å². The van der Waals surface area contributed by atoms with Crippen LogP contribution in [-0.4, -0.2) is 31.7 Å². The summed E-state index contributed by atoms with van der Waals surface area (Å²) in [4.78, 5) is 19.7. The quantitative estimate of drug-likeness (QED) is 0.752. The van der Waals surface area contributed by atoms with Gasteiger partial charge < -0.3 is 19.4 Å². The largest absolute Gasteiger partial charge is 0.480 e. The van der Waals surface area contributed by atoms with Crippen molar-refractivity contribution in [2.45, 2.75) is 33.4 Å². The van der Waals surface area contributed by atoms with Gasteiger partial charge in [-0.1, -0.05) is 0 Å². The van der Waals surface area contributed by atoms with Gasteiger partial charge in [0.25, 0.3) is 0 Å². The fourth-order valence-electron chi connectivity index (χ4n) is 2.60. The van der Waals surface area contributed by atoms with Crippen LogP contribution in [0.2, 0.25) is 0 Å². The van der Waals surface area contributed by atoms with Crippen LogP contribution >= 0.6 is 0 Å². The van der Waals surface area contributed by atoms with Gasteiger partial charge in [-0.25, -0.2) is 9.97 Å². The number of nitrogens with one attached hydrogen (secondary N) is 1. The van der Waals surface area contributed by atoms with Crippen LogP contribution in [0.15, 0.2) is 29.1 Å². The maximum absolute atomic E-state index is 11.1. The van der Waals surface area contributed by atoms with Crippen LogP contribution in [0.3, 0.4) is 0 Å². The standard InChI is InChI=1S/C16H18N4O3/c1-9-11(3)20(7-12-5-4-6-23-12)15-13(9)14(17-8-18-15)19-10(2)16(21)22/h4-6,8,10H,7H2,1-3H3,(H,21,22)(H,17,18,19)/t10-/m0/s1. The molecule has 0 aromatic carbocycles. The number of carbonyl (C=O) groups is 1. The molecule has 120 valence electrons. The summed E-state index contributed by atoms with van der Waals surface area (Å²) in [7, 11) is 0. The summed E-state index contributed by atoms with van der Waals surface area (Å²) in [6.07, 6.45) is 3.08. The molecule has 0 bridgehead atoms. The van der Waals surface area contributed by atoms with Gasteiger partial charge in [-0.15, -0.1) is 0 Å². The summed E-state index contributed by atoms with van der Waals surface area (Å²) in [5.41, 5.74) is 2.82. The topological polar surface area (TPSA) is 93.2 Å². The Hall–Kier alpha value is -2.83. The third-order valence-electron chi connectivity index (χ3n) is 4.02. The number of fused-ring (bicyclic) bond motifs is 1. The van der Waals surface area contributed by atoms with Gasteiger partial charge in [0, 0.05) is 5.69 Å². The number of anilines is 1.